The Labute approximate surface area is 231 Å². The number of rotatable bonds is 6. The minimum atomic E-state index is -1.00. The highest BCUT2D eigenvalue weighted by Crippen LogP contribution is 2.28. The van der Waals surface area contributed by atoms with E-state index in [1.807, 2.05) is 0 Å². The van der Waals surface area contributed by atoms with Crippen molar-refractivity contribution in [3.05, 3.63) is 40.1 Å². The van der Waals surface area contributed by atoms with Crippen LogP contribution in [0.15, 0.2) is 34.6 Å². The number of benzene rings is 1. The first kappa shape index (κ1) is 30.9. The van der Waals surface area contributed by atoms with Gasteiger partial charge in [-0.3, -0.25) is 9.36 Å². The molecule has 0 aliphatic heterocycles. The predicted octanol–water partition coefficient (Wildman–Crippen LogP) is 5.37. The number of carbonyl (C=O) groups is 4. The Balaban J connectivity index is 2.50. The lowest BCUT2D eigenvalue weighted by Gasteiger charge is -2.25. The first-order valence-corrected chi connectivity index (χ1v) is 12.9. The van der Waals surface area contributed by atoms with E-state index in [0.717, 1.165) is 4.47 Å². The molecular weight excluding hydrogens is 558 g/mol. The van der Waals surface area contributed by atoms with Crippen LogP contribution in [0.25, 0.3) is 17.0 Å². The molecule has 0 unspecified atom stereocenters. The van der Waals surface area contributed by atoms with Gasteiger partial charge in [-0.2, -0.15) is 0 Å². The van der Waals surface area contributed by atoms with E-state index in [2.05, 4.69) is 26.6 Å². The molecule has 208 valence electrons. The summed E-state index contributed by atoms with van der Waals surface area (Å²) in [4.78, 5) is 51.0. The lowest BCUT2D eigenvalue weighted by atomic mass is 10.0. The van der Waals surface area contributed by atoms with Gasteiger partial charge in [-0.15, -0.1) is 0 Å². The molecule has 11 heteroatoms. The van der Waals surface area contributed by atoms with Crippen molar-refractivity contribution in [2.75, 3.05) is 7.11 Å². The molecule has 0 saturated carbocycles. The Morgan fingerprint density at radius 1 is 1.00 bits per heavy atom. The molecule has 0 bridgehead atoms. The number of hydrogen-bond acceptors (Lipinski definition) is 7. The molecule has 0 saturated heterocycles. The Morgan fingerprint density at radius 2 is 1.61 bits per heavy atom. The van der Waals surface area contributed by atoms with Crippen molar-refractivity contribution < 1.29 is 33.4 Å². The van der Waals surface area contributed by atoms with Gasteiger partial charge >= 0.3 is 18.2 Å². The van der Waals surface area contributed by atoms with Gasteiger partial charge in [0.2, 0.25) is 5.91 Å². The minimum absolute atomic E-state index is 0.180. The second-order valence-electron chi connectivity index (χ2n) is 11.0. The van der Waals surface area contributed by atoms with Crippen LogP contribution in [0.4, 0.5) is 9.59 Å². The van der Waals surface area contributed by atoms with Gasteiger partial charge in [0.15, 0.2) is 0 Å². The molecule has 1 heterocycles. The van der Waals surface area contributed by atoms with E-state index < -0.39 is 41.3 Å². The third kappa shape index (κ3) is 8.61. The number of methoxy groups -OCH3 is 1. The summed E-state index contributed by atoms with van der Waals surface area (Å²) in [6.07, 6.45) is 1.55. The van der Waals surface area contributed by atoms with Crippen LogP contribution >= 0.6 is 15.9 Å². The second-order valence-corrected chi connectivity index (χ2v) is 11.9. The highest BCUT2D eigenvalue weighted by molar-refractivity contribution is 9.10. The van der Waals surface area contributed by atoms with Gasteiger partial charge in [0, 0.05) is 21.6 Å². The van der Waals surface area contributed by atoms with Crippen LogP contribution in [-0.2, 0) is 23.8 Å². The number of alkyl carbamates (subject to hydrolysis) is 1. The smallest absolute Gasteiger partial charge is 0.419 e. The molecule has 2 aromatic rings. The number of hydrogen-bond donors (Lipinski definition) is 2. The predicted molar refractivity (Wildman–Crippen MR) is 147 cm³/mol. The van der Waals surface area contributed by atoms with Crippen molar-refractivity contribution in [1.29, 1.82) is 0 Å². The van der Waals surface area contributed by atoms with Gasteiger partial charge in [0.05, 0.1) is 12.6 Å². The van der Waals surface area contributed by atoms with E-state index >= 15 is 0 Å². The monoisotopic (exact) mass is 593 g/mol. The lowest BCUT2D eigenvalue weighted by Crippen LogP contribution is -2.51. The van der Waals surface area contributed by atoms with Gasteiger partial charge in [-0.05, 0) is 65.7 Å². The Hall–Kier alpha value is -3.34. The largest absolute Gasteiger partial charge is 0.464 e. The van der Waals surface area contributed by atoms with E-state index in [9.17, 15) is 19.2 Å². The number of ether oxygens (including phenoxy) is 3. The fraction of sp³-hybridized carbons (Fsp3) is 0.481. The molecule has 0 spiro atoms. The molecular formula is C27H36BrN3O7. The van der Waals surface area contributed by atoms with E-state index in [0.29, 0.717) is 16.5 Å². The zero-order valence-corrected chi connectivity index (χ0v) is 24.8. The standard InChI is InChI=1S/C27H36BrN3O7/c1-15(2)21(30-24(34)37-26(3,4)5)22(32)29-19(23(33)36-9)12-16-14-31(25(35)38-27(6,7)8)20-13-17(28)10-11-18(16)20/h10-15,21H,1-9H3,(H,29,32)(H,30,34)/b19-12-/t21-/m0/s1. The van der Waals surface area contributed by atoms with Gasteiger partial charge in [-0.1, -0.05) is 35.8 Å². The minimum Gasteiger partial charge on any atom is -0.464 e. The van der Waals surface area contributed by atoms with Crippen molar-refractivity contribution in [3.63, 3.8) is 0 Å². The first-order valence-electron chi connectivity index (χ1n) is 12.1. The fourth-order valence-corrected chi connectivity index (χ4v) is 3.74. The molecule has 2 amide bonds. The molecule has 2 N–H and O–H groups in total. The van der Waals surface area contributed by atoms with Crippen molar-refractivity contribution in [2.24, 2.45) is 5.92 Å². The number of esters is 1. The maximum atomic E-state index is 13.2. The van der Waals surface area contributed by atoms with Crippen molar-refractivity contribution in [3.8, 4) is 0 Å². The van der Waals surface area contributed by atoms with E-state index in [4.69, 9.17) is 14.2 Å². The summed E-state index contributed by atoms with van der Waals surface area (Å²) in [7, 11) is 1.18. The van der Waals surface area contributed by atoms with E-state index in [1.165, 1.54) is 23.9 Å². The molecule has 1 atom stereocenters. The van der Waals surface area contributed by atoms with Crippen molar-refractivity contribution in [2.45, 2.75) is 72.6 Å². The third-order valence-corrected chi connectivity index (χ3v) is 5.47. The summed E-state index contributed by atoms with van der Waals surface area (Å²) in [5.41, 5.74) is -0.674. The molecule has 38 heavy (non-hydrogen) atoms. The quantitative estimate of drug-likeness (QED) is 0.262. The van der Waals surface area contributed by atoms with Gasteiger partial charge in [0.1, 0.15) is 22.9 Å². The first-order chi connectivity index (χ1) is 17.4. The molecule has 0 aliphatic carbocycles. The van der Waals surface area contributed by atoms with Crippen molar-refractivity contribution >= 4 is 57.0 Å². The number of carbonyl (C=O) groups excluding carboxylic acids is 4. The SMILES string of the molecule is COC(=O)/C(=C/c1cn(C(=O)OC(C)(C)C)c2cc(Br)ccc12)NC(=O)[C@@H](NC(=O)OC(C)(C)C)C(C)C. The Bertz CT molecular complexity index is 1250. The molecule has 0 radical (unpaired) electrons. The van der Waals surface area contributed by atoms with Crippen LogP contribution in [0, 0.1) is 5.92 Å². The summed E-state index contributed by atoms with van der Waals surface area (Å²) >= 11 is 3.41. The van der Waals surface area contributed by atoms with E-state index in [-0.39, 0.29) is 11.6 Å². The van der Waals surface area contributed by atoms with Crippen LogP contribution < -0.4 is 10.6 Å². The van der Waals surface area contributed by atoms with Crippen LogP contribution in [0.1, 0.15) is 61.0 Å². The number of amides is 2. The Morgan fingerprint density at radius 3 is 2.13 bits per heavy atom. The molecule has 0 aliphatic rings. The number of halogens is 1. The molecule has 0 fully saturated rings. The normalized spacial score (nSPS) is 13.2. The molecule has 10 nitrogen and oxygen atoms in total. The number of aromatic nitrogens is 1. The Kier molecular flexibility index (Phi) is 9.77. The van der Waals surface area contributed by atoms with Crippen LogP contribution in [0.5, 0.6) is 0 Å². The average molecular weight is 595 g/mol. The summed E-state index contributed by atoms with van der Waals surface area (Å²) in [5, 5.41) is 5.74. The third-order valence-electron chi connectivity index (χ3n) is 4.97. The number of nitrogens with zero attached hydrogens (tertiary/aromatic N) is 1. The van der Waals surface area contributed by atoms with Crippen LogP contribution in [0.3, 0.4) is 0 Å². The van der Waals surface area contributed by atoms with E-state index in [1.54, 1.807) is 73.6 Å². The average Bonchev–Trinajstić information content (AvgIpc) is 3.11. The van der Waals surface area contributed by atoms with Gasteiger partial charge < -0.3 is 24.8 Å². The van der Waals surface area contributed by atoms with Gasteiger partial charge in [0.25, 0.3) is 0 Å². The van der Waals surface area contributed by atoms with Crippen LogP contribution in [0.2, 0.25) is 0 Å². The van der Waals surface area contributed by atoms with Crippen molar-refractivity contribution in [1.82, 2.24) is 15.2 Å². The number of fused-ring (bicyclic) bond motifs is 1. The lowest BCUT2D eigenvalue weighted by molar-refractivity contribution is -0.138. The van der Waals surface area contributed by atoms with Gasteiger partial charge in [-0.25, -0.2) is 14.4 Å². The molecule has 1 aromatic carbocycles. The summed E-state index contributed by atoms with van der Waals surface area (Å²) < 4.78 is 17.7. The zero-order valence-electron chi connectivity index (χ0n) is 23.2. The summed E-state index contributed by atoms with van der Waals surface area (Å²) in [5.74, 6) is -1.78. The summed E-state index contributed by atoms with van der Waals surface area (Å²) in [6, 6.07) is 4.29. The second kappa shape index (κ2) is 12.0. The molecule has 1 aromatic heterocycles. The number of nitrogens with one attached hydrogen (secondary N) is 2. The topological polar surface area (TPSA) is 125 Å². The highest BCUT2D eigenvalue weighted by atomic mass is 79.9. The van der Waals surface area contributed by atoms with Crippen LogP contribution in [-0.4, -0.2) is 53.0 Å². The maximum absolute atomic E-state index is 13.2. The fourth-order valence-electron chi connectivity index (χ4n) is 3.40. The summed E-state index contributed by atoms with van der Waals surface area (Å²) in [6.45, 7) is 13.9. The highest BCUT2D eigenvalue weighted by Gasteiger charge is 2.29. The maximum Gasteiger partial charge on any atom is 0.419 e. The molecule has 2 rings (SSSR count). The zero-order chi connectivity index (χ0) is 29.0.